The molecule has 0 saturated heterocycles. The van der Waals surface area contributed by atoms with Crippen LogP contribution in [0, 0.1) is 11.8 Å². The molecule has 0 bridgehead atoms. The quantitative estimate of drug-likeness (QED) is 0.785. The Morgan fingerprint density at radius 2 is 1.89 bits per heavy atom. The van der Waals surface area contributed by atoms with Crippen molar-refractivity contribution in [1.82, 2.24) is 4.90 Å². The van der Waals surface area contributed by atoms with Crippen molar-refractivity contribution in [1.29, 1.82) is 0 Å². The van der Waals surface area contributed by atoms with Gasteiger partial charge in [-0.1, -0.05) is 30.4 Å². The van der Waals surface area contributed by atoms with Gasteiger partial charge in [0.25, 0.3) is 0 Å². The highest BCUT2D eigenvalue weighted by atomic mass is 16.3. The molecule has 19 heavy (non-hydrogen) atoms. The maximum atomic E-state index is 9.14. The van der Waals surface area contributed by atoms with Crippen molar-refractivity contribution in [3.8, 4) is 11.8 Å². The lowest BCUT2D eigenvalue weighted by Crippen LogP contribution is -2.41. The molecule has 1 aromatic carbocycles. The summed E-state index contributed by atoms with van der Waals surface area (Å²) in [7, 11) is 0. The number of rotatable bonds is 5. The van der Waals surface area contributed by atoms with Gasteiger partial charge >= 0.3 is 0 Å². The van der Waals surface area contributed by atoms with Crippen molar-refractivity contribution >= 4 is 0 Å². The lowest BCUT2D eigenvalue weighted by atomic mass is 9.91. The van der Waals surface area contributed by atoms with E-state index >= 15 is 0 Å². The lowest BCUT2D eigenvalue weighted by molar-refractivity contribution is 0.0945. The van der Waals surface area contributed by atoms with Gasteiger partial charge in [-0.2, -0.15) is 0 Å². The Labute approximate surface area is 114 Å². The summed E-state index contributed by atoms with van der Waals surface area (Å²) in [6.07, 6.45) is 3.81. The largest absolute Gasteiger partial charge is 0.395 e. The molecular weight excluding hydrogens is 238 g/mol. The van der Waals surface area contributed by atoms with Crippen LogP contribution in [0.25, 0.3) is 0 Å². The van der Waals surface area contributed by atoms with E-state index in [0.717, 1.165) is 18.7 Å². The maximum Gasteiger partial charge on any atom is 0.104 e. The van der Waals surface area contributed by atoms with Crippen LogP contribution in [-0.2, 0) is 6.54 Å². The van der Waals surface area contributed by atoms with Crippen LogP contribution in [0.4, 0.5) is 0 Å². The molecule has 0 aromatic heterocycles. The molecule has 1 aliphatic carbocycles. The highest BCUT2D eigenvalue weighted by Crippen LogP contribution is 2.25. The van der Waals surface area contributed by atoms with E-state index in [4.69, 9.17) is 10.2 Å². The van der Waals surface area contributed by atoms with Gasteiger partial charge in [0.2, 0.25) is 0 Å². The molecule has 0 amide bonds. The van der Waals surface area contributed by atoms with E-state index < -0.39 is 0 Å². The van der Waals surface area contributed by atoms with E-state index in [1.165, 1.54) is 24.8 Å². The minimum absolute atomic E-state index is 0.103. The fourth-order valence-electron chi connectivity index (χ4n) is 2.34. The summed E-state index contributed by atoms with van der Waals surface area (Å²) in [5.74, 6) is 5.54. The number of aliphatic hydroxyl groups excluding tert-OH is 2. The first kappa shape index (κ1) is 14.1. The Bertz CT molecular complexity index is 440. The Morgan fingerprint density at radius 3 is 2.42 bits per heavy atom. The minimum atomic E-state index is -0.103. The van der Waals surface area contributed by atoms with E-state index in [9.17, 15) is 0 Å². The molecule has 1 saturated carbocycles. The molecule has 0 aliphatic heterocycles. The molecule has 0 heterocycles. The number of nitrogens with zero attached hydrogens (tertiary/aromatic N) is 1. The average Bonchev–Trinajstić information content (AvgIpc) is 2.36. The normalized spacial score (nSPS) is 14.9. The van der Waals surface area contributed by atoms with E-state index in [2.05, 4.69) is 28.9 Å². The second-order valence-electron chi connectivity index (χ2n) is 4.94. The molecule has 1 aliphatic rings. The van der Waals surface area contributed by atoms with Gasteiger partial charge in [0.1, 0.15) is 6.61 Å². The van der Waals surface area contributed by atoms with Crippen LogP contribution in [0.1, 0.15) is 30.4 Å². The summed E-state index contributed by atoms with van der Waals surface area (Å²) in [4.78, 5) is 2.36. The summed E-state index contributed by atoms with van der Waals surface area (Å²) in [6, 6.07) is 8.75. The van der Waals surface area contributed by atoms with Gasteiger partial charge in [-0.25, -0.2) is 0 Å². The van der Waals surface area contributed by atoms with E-state index in [1.54, 1.807) is 0 Å². The fraction of sp³-hybridized carbons (Fsp3) is 0.500. The highest BCUT2D eigenvalue weighted by molar-refractivity contribution is 5.36. The Hall–Kier alpha value is -1.34. The predicted octanol–water partition coefficient (Wildman–Crippen LogP) is 1.38. The second-order valence-corrected chi connectivity index (χ2v) is 4.94. The van der Waals surface area contributed by atoms with E-state index in [-0.39, 0.29) is 13.2 Å². The molecule has 0 unspecified atom stereocenters. The van der Waals surface area contributed by atoms with Gasteiger partial charge in [-0.15, -0.1) is 0 Å². The van der Waals surface area contributed by atoms with Gasteiger partial charge in [-0.3, -0.25) is 4.90 Å². The molecule has 2 N–H and O–H groups in total. The van der Waals surface area contributed by atoms with E-state index in [1.807, 2.05) is 12.1 Å². The molecule has 0 atom stereocenters. The zero-order chi connectivity index (χ0) is 13.5. The summed E-state index contributed by atoms with van der Waals surface area (Å²) in [5.41, 5.74) is 2.17. The first-order chi connectivity index (χ1) is 9.33. The lowest BCUT2D eigenvalue weighted by Gasteiger charge is -2.37. The zero-order valence-corrected chi connectivity index (χ0v) is 11.2. The standard InChI is InChI=1S/C16H21NO2/c18-11-2-3-14-6-8-15(9-7-14)13-17(10-12-19)16-4-1-5-16/h6-9,16,18-19H,1,4-5,10-13H2. The molecule has 3 nitrogen and oxygen atoms in total. The SMILES string of the molecule is OCC#Cc1ccc(CN(CCO)C2CCC2)cc1. The first-order valence-electron chi connectivity index (χ1n) is 6.87. The van der Waals surface area contributed by atoms with Gasteiger partial charge in [0.05, 0.1) is 6.61 Å². The van der Waals surface area contributed by atoms with Crippen LogP contribution in [-0.4, -0.2) is 40.9 Å². The zero-order valence-electron chi connectivity index (χ0n) is 11.2. The summed E-state index contributed by atoms with van der Waals surface area (Å²) >= 11 is 0. The number of benzene rings is 1. The van der Waals surface area contributed by atoms with Crippen molar-refractivity contribution in [3.63, 3.8) is 0 Å². The Kier molecular flexibility index (Phi) is 5.41. The Balaban J connectivity index is 1.96. The number of aliphatic hydroxyl groups is 2. The minimum Gasteiger partial charge on any atom is -0.395 e. The van der Waals surface area contributed by atoms with Gasteiger partial charge < -0.3 is 10.2 Å². The average molecular weight is 259 g/mol. The van der Waals surface area contributed by atoms with Gasteiger partial charge in [0, 0.05) is 24.7 Å². The van der Waals surface area contributed by atoms with Crippen LogP contribution in [0.15, 0.2) is 24.3 Å². The molecule has 0 radical (unpaired) electrons. The Morgan fingerprint density at radius 1 is 1.16 bits per heavy atom. The number of hydrogen-bond donors (Lipinski definition) is 2. The summed E-state index contributed by atoms with van der Waals surface area (Å²) in [6.45, 7) is 1.75. The number of hydrogen-bond acceptors (Lipinski definition) is 3. The molecular formula is C16H21NO2. The molecule has 0 spiro atoms. The van der Waals surface area contributed by atoms with Crippen molar-refractivity contribution in [2.75, 3.05) is 19.8 Å². The van der Waals surface area contributed by atoms with Crippen molar-refractivity contribution in [2.24, 2.45) is 0 Å². The smallest absolute Gasteiger partial charge is 0.104 e. The second kappa shape index (κ2) is 7.30. The molecule has 3 heteroatoms. The third-order valence-electron chi connectivity index (χ3n) is 3.63. The van der Waals surface area contributed by atoms with Crippen LogP contribution in [0.2, 0.25) is 0 Å². The van der Waals surface area contributed by atoms with E-state index in [0.29, 0.717) is 6.04 Å². The fourth-order valence-corrected chi connectivity index (χ4v) is 2.34. The predicted molar refractivity (Wildman–Crippen MR) is 75.5 cm³/mol. The third kappa shape index (κ3) is 4.07. The van der Waals surface area contributed by atoms with Gasteiger partial charge in [-0.05, 0) is 30.5 Å². The molecule has 1 fully saturated rings. The van der Waals surface area contributed by atoms with Crippen LogP contribution in [0.3, 0.4) is 0 Å². The highest BCUT2D eigenvalue weighted by Gasteiger charge is 2.24. The van der Waals surface area contributed by atoms with Crippen LogP contribution in [0.5, 0.6) is 0 Å². The van der Waals surface area contributed by atoms with Crippen LogP contribution < -0.4 is 0 Å². The molecule has 102 valence electrons. The summed E-state index contributed by atoms with van der Waals surface area (Å²) < 4.78 is 0. The monoisotopic (exact) mass is 259 g/mol. The molecule has 1 aromatic rings. The van der Waals surface area contributed by atoms with Crippen molar-refractivity contribution in [2.45, 2.75) is 31.8 Å². The first-order valence-corrected chi connectivity index (χ1v) is 6.87. The summed E-state index contributed by atoms with van der Waals surface area (Å²) in [5, 5.41) is 17.8. The molecule has 2 rings (SSSR count). The van der Waals surface area contributed by atoms with Crippen molar-refractivity contribution < 1.29 is 10.2 Å². The maximum absolute atomic E-state index is 9.14. The van der Waals surface area contributed by atoms with Crippen LogP contribution >= 0.6 is 0 Å². The topological polar surface area (TPSA) is 43.7 Å². The third-order valence-corrected chi connectivity index (χ3v) is 3.63. The van der Waals surface area contributed by atoms with Gasteiger partial charge in [0.15, 0.2) is 0 Å². The van der Waals surface area contributed by atoms with Crippen molar-refractivity contribution in [3.05, 3.63) is 35.4 Å².